The molecule has 0 fully saturated rings. The van der Waals surface area contributed by atoms with E-state index in [1.807, 2.05) is 58.9 Å². The van der Waals surface area contributed by atoms with Gasteiger partial charge in [-0.3, -0.25) is 0 Å². The quantitative estimate of drug-likeness (QED) is 0.479. The lowest BCUT2D eigenvalue weighted by Gasteiger charge is -2.08. The molecule has 0 saturated heterocycles. The van der Waals surface area contributed by atoms with Crippen molar-refractivity contribution in [3.8, 4) is 0 Å². The standard InChI is InChI=1S/C11H18O2.C3H8.C2H6/c1-5-8-10(12-4)11(9-6-2)13-7-3;1-3-2;1-2/h5-6,8-9H,7H2,1-4H3;3H2,1-2H3;1-2H3/b8-5+,9-6-,11-10-;;. The Morgan fingerprint density at radius 3 is 1.56 bits per heavy atom. The maximum absolute atomic E-state index is 5.40. The summed E-state index contributed by atoms with van der Waals surface area (Å²) in [6, 6.07) is 0. The summed E-state index contributed by atoms with van der Waals surface area (Å²) in [7, 11) is 1.64. The Balaban J connectivity index is -0.000000389. The fraction of sp³-hybridized carbons (Fsp3) is 0.625. The Bertz CT molecular complexity index is 225. The second-order valence-corrected chi connectivity index (χ2v) is 3.07. The van der Waals surface area contributed by atoms with Crippen LogP contribution in [0.2, 0.25) is 0 Å². The zero-order chi connectivity index (χ0) is 14.8. The SMILES string of the molecule is CC.CCC.C\C=C/C(OCC)=C(\C=C\C)OC. The van der Waals surface area contributed by atoms with E-state index in [9.17, 15) is 0 Å². The van der Waals surface area contributed by atoms with Crippen molar-refractivity contribution in [3.63, 3.8) is 0 Å². The first kappa shape index (κ1) is 22.0. The molecule has 0 aliphatic carbocycles. The van der Waals surface area contributed by atoms with Crippen LogP contribution in [0.4, 0.5) is 0 Å². The molecule has 0 atom stereocenters. The lowest BCUT2D eigenvalue weighted by Crippen LogP contribution is -1.95. The highest BCUT2D eigenvalue weighted by atomic mass is 16.5. The van der Waals surface area contributed by atoms with Gasteiger partial charge in [-0.25, -0.2) is 0 Å². The molecule has 0 saturated carbocycles. The normalized spacial score (nSPS) is 11.1. The van der Waals surface area contributed by atoms with Crippen molar-refractivity contribution in [2.24, 2.45) is 0 Å². The van der Waals surface area contributed by atoms with Gasteiger partial charge in [0.2, 0.25) is 0 Å². The molecular weight excluding hydrogens is 224 g/mol. The summed E-state index contributed by atoms with van der Waals surface area (Å²) in [6.45, 7) is 14.7. The minimum Gasteiger partial charge on any atom is -0.493 e. The van der Waals surface area contributed by atoms with Gasteiger partial charge in [-0.05, 0) is 32.9 Å². The van der Waals surface area contributed by atoms with Crippen LogP contribution in [0, 0.1) is 0 Å². The molecule has 0 radical (unpaired) electrons. The first-order valence-electron chi connectivity index (χ1n) is 6.88. The topological polar surface area (TPSA) is 18.5 Å². The summed E-state index contributed by atoms with van der Waals surface area (Å²) in [4.78, 5) is 0. The highest BCUT2D eigenvalue weighted by molar-refractivity contribution is 5.24. The van der Waals surface area contributed by atoms with Crippen molar-refractivity contribution < 1.29 is 9.47 Å². The van der Waals surface area contributed by atoms with Gasteiger partial charge in [-0.15, -0.1) is 0 Å². The van der Waals surface area contributed by atoms with Gasteiger partial charge >= 0.3 is 0 Å². The molecule has 0 heterocycles. The Kier molecular flexibility index (Phi) is 25.9. The molecule has 0 rings (SSSR count). The maximum Gasteiger partial charge on any atom is 0.160 e. The lowest BCUT2D eigenvalue weighted by molar-refractivity contribution is 0.205. The minimum absolute atomic E-state index is 0.643. The first-order valence-corrected chi connectivity index (χ1v) is 6.88. The van der Waals surface area contributed by atoms with E-state index in [4.69, 9.17) is 9.47 Å². The van der Waals surface area contributed by atoms with Crippen molar-refractivity contribution in [1.29, 1.82) is 0 Å². The van der Waals surface area contributed by atoms with Crippen molar-refractivity contribution >= 4 is 0 Å². The summed E-state index contributed by atoms with van der Waals surface area (Å²) >= 11 is 0. The van der Waals surface area contributed by atoms with Crippen molar-refractivity contribution in [2.45, 2.75) is 54.9 Å². The summed E-state index contributed by atoms with van der Waals surface area (Å²) in [5, 5.41) is 0. The third kappa shape index (κ3) is 14.8. The van der Waals surface area contributed by atoms with Crippen LogP contribution in [-0.4, -0.2) is 13.7 Å². The minimum atomic E-state index is 0.643. The summed E-state index contributed by atoms with van der Waals surface area (Å²) < 4.78 is 10.6. The molecule has 0 aromatic rings. The van der Waals surface area contributed by atoms with Crippen LogP contribution in [0.1, 0.15) is 54.9 Å². The molecule has 0 bridgehead atoms. The second-order valence-electron chi connectivity index (χ2n) is 3.07. The van der Waals surface area contributed by atoms with Crippen LogP contribution < -0.4 is 0 Å². The number of hydrogen-bond donors (Lipinski definition) is 0. The van der Waals surface area contributed by atoms with Crippen LogP contribution in [0.15, 0.2) is 35.8 Å². The van der Waals surface area contributed by atoms with Crippen LogP contribution >= 0.6 is 0 Å². The van der Waals surface area contributed by atoms with E-state index in [1.54, 1.807) is 7.11 Å². The van der Waals surface area contributed by atoms with E-state index in [0.717, 1.165) is 11.5 Å². The smallest absolute Gasteiger partial charge is 0.160 e. The predicted molar refractivity (Wildman–Crippen MR) is 82.6 cm³/mol. The molecule has 0 amide bonds. The molecule has 2 nitrogen and oxygen atoms in total. The number of rotatable bonds is 5. The highest BCUT2D eigenvalue weighted by Gasteiger charge is 2.00. The van der Waals surface area contributed by atoms with Gasteiger partial charge < -0.3 is 9.47 Å². The van der Waals surface area contributed by atoms with Crippen molar-refractivity contribution in [3.05, 3.63) is 35.8 Å². The molecule has 0 spiro atoms. The maximum atomic E-state index is 5.40. The Morgan fingerprint density at radius 1 is 0.889 bits per heavy atom. The monoisotopic (exact) mass is 256 g/mol. The highest BCUT2D eigenvalue weighted by Crippen LogP contribution is 2.10. The van der Waals surface area contributed by atoms with Crippen LogP contribution in [0.25, 0.3) is 0 Å². The Morgan fingerprint density at radius 2 is 1.28 bits per heavy atom. The third-order valence-corrected chi connectivity index (χ3v) is 1.40. The van der Waals surface area contributed by atoms with E-state index in [-0.39, 0.29) is 0 Å². The number of methoxy groups -OCH3 is 1. The van der Waals surface area contributed by atoms with Crippen LogP contribution in [-0.2, 0) is 9.47 Å². The van der Waals surface area contributed by atoms with E-state index in [2.05, 4.69) is 13.8 Å². The van der Waals surface area contributed by atoms with Crippen molar-refractivity contribution in [1.82, 2.24) is 0 Å². The molecule has 2 heteroatoms. The molecule has 0 N–H and O–H groups in total. The van der Waals surface area contributed by atoms with Gasteiger partial charge in [0.25, 0.3) is 0 Å². The Hall–Kier alpha value is -1.18. The molecule has 0 unspecified atom stereocenters. The molecular formula is C16H32O2. The van der Waals surface area contributed by atoms with Gasteiger partial charge in [0.15, 0.2) is 11.5 Å². The predicted octanol–water partition coefficient (Wildman–Crippen LogP) is 5.48. The average Bonchev–Trinajstić information content (AvgIpc) is 2.39. The van der Waals surface area contributed by atoms with Crippen molar-refractivity contribution in [2.75, 3.05) is 13.7 Å². The molecule has 18 heavy (non-hydrogen) atoms. The number of hydrogen-bond acceptors (Lipinski definition) is 2. The summed E-state index contributed by atoms with van der Waals surface area (Å²) in [5.41, 5.74) is 0. The third-order valence-electron chi connectivity index (χ3n) is 1.40. The summed E-state index contributed by atoms with van der Waals surface area (Å²) in [6.07, 6.45) is 8.86. The van der Waals surface area contributed by atoms with E-state index >= 15 is 0 Å². The zero-order valence-electron chi connectivity index (χ0n) is 13.5. The van der Waals surface area contributed by atoms with E-state index < -0.39 is 0 Å². The van der Waals surface area contributed by atoms with Gasteiger partial charge in [-0.2, -0.15) is 0 Å². The van der Waals surface area contributed by atoms with E-state index in [1.165, 1.54) is 6.42 Å². The average molecular weight is 256 g/mol. The zero-order valence-corrected chi connectivity index (χ0v) is 13.5. The van der Waals surface area contributed by atoms with E-state index in [0.29, 0.717) is 6.61 Å². The molecule has 0 aliphatic rings. The van der Waals surface area contributed by atoms with Gasteiger partial charge in [0.1, 0.15) is 0 Å². The first-order chi connectivity index (χ1) is 8.71. The fourth-order valence-corrected chi connectivity index (χ4v) is 0.910. The second kappa shape index (κ2) is 21.1. The largest absolute Gasteiger partial charge is 0.493 e. The van der Waals surface area contributed by atoms with Crippen LogP contribution in [0.5, 0.6) is 0 Å². The molecule has 108 valence electrons. The molecule has 0 aliphatic heterocycles. The lowest BCUT2D eigenvalue weighted by atomic mass is 10.3. The molecule has 0 aromatic carbocycles. The van der Waals surface area contributed by atoms with Gasteiger partial charge in [0, 0.05) is 0 Å². The fourth-order valence-electron chi connectivity index (χ4n) is 0.910. The number of allylic oxidation sites excluding steroid dienone is 4. The van der Waals surface area contributed by atoms with Crippen LogP contribution in [0.3, 0.4) is 0 Å². The molecule has 0 aromatic heterocycles. The summed E-state index contributed by atoms with van der Waals surface area (Å²) in [5.74, 6) is 1.52. The Labute approximate surface area is 114 Å². The van der Waals surface area contributed by atoms with Gasteiger partial charge in [-0.1, -0.05) is 46.3 Å². The number of ether oxygens (including phenoxy) is 2. The van der Waals surface area contributed by atoms with Gasteiger partial charge in [0.05, 0.1) is 13.7 Å².